The summed E-state index contributed by atoms with van der Waals surface area (Å²) < 4.78 is 0. The highest BCUT2D eigenvalue weighted by molar-refractivity contribution is 5.19. The summed E-state index contributed by atoms with van der Waals surface area (Å²) in [5, 5.41) is 4.05. The van der Waals surface area contributed by atoms with E-state index in [0.29, 0.717) is 11.1 Å². The topological polar surface area (TPSA) is 12.0 Å². The lowest BCUT2D eigenvalue weighted by molar-refractivity contribution is 0.142. The van der Waals surface area contributed by atoms with Crippen molar-refractivity contribution in [3.63, 3.8) is 0 Å². The van der Waals surface area contributed by atoms with Crippen molar-refractivity contribution >= 4 is 0 Å². The molecule has 0 saturated carbocycles. The predicted molar refractivity (Wildman–Crippen MR) is 76.7 cm³/mol. The zero-order valence-electron chi connectivity index (χ0n) is 11.5. The molecule has 2 unspecified atom stereocenters. The second-order valence-corrected chi connectivity index (χ2v) is 6.69. The number of hydrogen-bond acceptors (Lipinski definition) is 1. The number of fused-ring (bicyclic) bond motifs is 2. The standard InChI is InChI=1S/C17H25N/c1-16-10-5-6-12-17(18-16,13-7-11-16)14-15-8-3-2-4-9-15/h2-4,8-9,18H,5-7,10-14H2,1H3. The van der Waals surface area contributed by atoms with E-state index < -0.39 is 0 Å². The highest BCUT2D eigenvalue weighted by Crippen LogP contribution is 2.40. The number of hydrogen-bond donors (Lipinski definition) is 1. The molecule has 0 radical (unpaired) electrons. The highest BCUT2D eigenvalue weighted by atomic mass is 15.1. The Morgan fingerprint density at radius 3 is 2.44 bits per heavy atom. The molecular formula is C17H25N. The van der Waals surface area contributed by atoms with Gasteiger partial charge in [-0.1, -0.05) is 43.2 Å². The SMILES string of the molecule is CC12CCCCC(Cc3ccccc3)(CCC1)N2. The van der Waals surface area contributed by atoms with E-state index >= 15 is 0 Å². The Balaban J connectivity index is 1.83. The zero-order valence-corrected chi connectivity index (χ0v) is 11.5. The monoisotopic (exact) mass is 243 g/mol. The Morgan fingerprint density at radius 2 is 1.61 bits per heavy atom. The second kappa shape index (κ2) is 4.70. The van der Waals surface area contributed by atoms with Crippen molar-refractivity contribution in [1.82, 2.24) is 5.32 Å². The van der Waals surface area contributed by atoms with Crippen molar-refractivity contribution in [2.75, 3.05) is 0 Å². The van der Waals surface area contributed by atoms with Crippen LogP contribution in [0.1, 0.15) is 57.4 Å². The lowest BCUT2D eigenvalue weighted by Crippen LogP contribution is -2.59. The first-order valence-corrected chi connectivity index (χ1v) is 7.53. The molecule has 0 amide bonds. The van der Waals surface area contributed by atoms with Gasteiger partial charge in [0.15, 0.2) is 0 Å². The first kappa shape index (κ1) is 12.2. The van der Waals surface area contributed by atoms with E-state index in [1.807, 2.05) is 0 Å². The van der Waals surface area contributed by atoms with Crippen LogP contribution in [0.15, 0.2) is 30.3 Å². The molecule has 2 fully saturated rings. The maximum absolute atomic E-state index is 4.05. The van der Waals surface area contributed by atoms with Gasteiger partial charge in [0.05, 0.1) is 0 Å². The lowest BCUT2D eigenvalue weighted by atomic mass is 9.75. The fraction of sp³-hybridized carbons (Fsp3) is 0.647. The first-order chi connectivity index (χ1) is 8.70. The van der Waals surface area contributed by atoms with E-state index in [2.05, 4.69) is 42.6 Å². The van der Waals surface area contributed by atoms with Crippen LogP contribution < -0.4 is 5.32 Å². The lowest BCUT2D eigenvalue weighted by Gasteiger charge is -2.47. The highest BCUT2D eigenvalue weighted by Gasteiger charge is 2.42. The molecule has 2 aliphatic rings. The van der Waals surface area contributed by atoms with Gasteiger partial charge in [0.1, 0.15) is 0 Å². The Morgan fingerprint density at radius 1 is 0.944 bits per heavy atom. The summed E-state index contributed by atoms with van der Waals surface area (Å²) in [5.41, 5.74) is 2.28. The fourth-order valence-electron chi connectivity index (χ4n) is 4.14. The minimum Gasteiger partial charge on any atom is -0.306 e. The summed E-state index contributed by atoms with van der Waals surface area (Å²) in [5.74, 6) is 0. The molecule has 1 aromatic carbocycles. The molecule has 2 aliphatic heterocycles. The van der Waals surface area contributed by atoms with Crippen LogP contribution in [0.5, 0.6) is 0 Å². The molecule has 2 bridgehead atoms. The Kier molecular flexibility index (Phi) is 3.19. The third-order valence-electron chi connectivity index (χ3n) is 4.97. The van der Waals surface area contributed by atoms with Crippen molar-refractivity contribution in [1.29, 1.82) is 0 Å². The predicted octanol–water partition coefficient (Wildman–Crippen LogP) is 4.07. The normalized spacial score (nSPS) is 36.1. The molecule has 1 nitrogen and oxygen atoms in total. The molecule has 18 heavy (non-hydrogen) atoms. The van der Waals surface area contributed by atoms with E-state index in [9.17, 15) is 0 Å². The Labute approximate surface area is 111 Å². The summed E-state index contributed by atoms with van der Waals surface area (Å²) in [6, 6.07) is 11.0. The number of rotatable bonds is 2. The summed E-state index contributed by atoms with van der Waals surface area (Å²) in [4.78, 5) is 0. The van der Waals surface area contributed by atoms with E-state index in [4.69, 9.17) is 0 Å². The maximum Gasteiger partial charge on any atom is 0.0226 e. The van der Waals surface area contributed by atoms with Gasteiger partial charge in [0, 0.05) is 11.1 Å². The molecule has 0 aliphatic carbocycles. The van der Waals surface area contributed by atoms with Crippen molar-refractivity contribution in [3.05, 3.63) is 35.9 Å². The molecule has 98 valence electrons. The molecule has 2 heterocycles. The van der Waals surface area contributed by atoms with Gasteiger partial charge in [-0.05, 0) is 51.0 Å². The van der Waals surface area contributed by atoms with Gasteiger partial charge in [-0.2, -0.15) is 0 Å². The third-order valence-corrected chi connectivity index (χ3v) is 4.97. The molecule has 1 heteroatoms. The van der Waals surface area contributed by atoms with E-state index in [1.54, 1.807) is 0 Å². The molecule has 0 spiro atoms. The van der Waals surface area contributed by atoms with Gasteiger partial charge < -0.3 is 5.32 Å². The number of nitrogens with one attached hydrogen (secondary N) is 1. The van der Waals surface area contributed by atoms with Crippen LogP contribution in [-0.2, 0) is 6.42 Å². The quantitative estimate of drug-likeness (QED) is 0.825. The van der Waals surface area contributed by atoms with Crippen LogP contribution in [0.25, 0.3) is 0 Å². The van der Waals surface area contributed by atoms with Crippen LogP contribution in [0.3, 0.4) is 0 Å². The van der Waals surface area contributed by atoms with E-state index in [1.165, 1.54) is 56.9 Å². The Hall–Kier alpha value is -0.820. The molecule has 1 aromatic rings. The van der Waals surface area contributed by atoms with Crippen molar-refractivity contribution in [2.45, 2.75) is 69.4 Å². The molecular weight excluding hydrogens is 218 g/mol. The molecule has 1 N–H and O–H groups in total. The number of piperidine rings is 1. The van der Waals surface area contributed by atoms with Crippen LogP contribution in [-0.4, -0.2) is 11.1 Å². The third kappa shape index (κ3) is 2.47. The first-order valence-electron chi connectivity index (χ1n) is 7.53. The van der Waals surface area contributed by atoms with E-state index in [0.717, 1.165) is 0 Å². The summed E-state index contributed by atoms with van der Waals surface area (Å²) >= 11 is 0. The molecule has 2 atom stereocenters. The van der Waals surface area contributed by atoms with Crippen molar-refractivity contribution in [3.8, 4) is 0 Å². The van der Waals surface area contributed by atoms with Crippen LogP contribution in [0.4, 0.5) is 0 Å². The summed E-state index contributed by atoms with van der Waals surface area (Å²) in [7, 11) is 0. The summed E-state index contributed by atoms with van der Waals surface area (Å²) in [6.07, 6.45) is 10.9. The van der Waals surface area contributed by atoms with Crippen LogP contribution in [0, 0.1) is 0 Å². The average Bonchev–Trinajstić information content (AvgIpc) is 2.46. The zero-order chi connectivity index (χ0) is 12.5. The van der Waals surface area contributed by atoms with Crippen LogP contribution >= 0.6 is 0 Å². The van der Waals surface area contributed by atoms with Gasteiger partial charge in [0.2, 0.25) is 0 Å². The summed E-state index contributed by atoms with van der Waals surface area (Å²) in [6.45, 7) is 2.44. The second-order valence-electron chi connectivity index (χ2n) is 6.69. The van der Waals surface area contributed by atoms with E-state index in [-0.39, 0.29) is 0 Å². The van der Waals surface area contributed by atoms with Gasteiger partial charge >= 0.3 is 0 Å². The Bertz CT molecular complexity index is 399. The smallest absolute Gasteiger partial charge is 0.0226 e. The molecule has 0 aromatic heterocycles. The largest absolute Gasteiger partial charge is 0.306 e. The van der Waals surface area contributed by atoms with Gasteiger partial charge in [-0.15, -0.1) is 0 Å². The molecule has 3 rings (SSSR count). The fourth-order valence-corrected chi connectivity index (χ4v) is 4.14. The number of benzene rings is 1. The van der Waals surface area contributed by atoms with Gasteiger partial charge in [-0.3, -0.25) is 0 Å². The van der Waals surface area contributed by atoms with Crippen molar-refractivity contribution < 1.29 is 0 Å². The van der Waals surface area contributed by atoms with Crippen LogP contribution in [0.2, 0.25) is 0 Å². The van der Waals surface area contributed by atoms with Crippen molar-refractivity contribution in [2.24, 2.45) is 0 Å². The average molecular weight is 243 g/mol. The van der Waals surface area contributed by atoms with Gasteiger partial charge in [-0.25, -0.2) is 0 Å². The molecule has 2 saturated heterocycles. The minimum atomic E-state index is 0.380. The maximum atomic E-state index is 4.05. The van der Waals surface area contributed by atoms with Gasteiger partial charge in [0.25, 0.3) is 0 Å². The minimum absolute atomic E-state index is 0.380.